The molecule has 0 amide bonds. The molecule has 0 aliphatic rings. The number of nitrogens with one attached hydrogen (secondary N) is 1. The quantitative estimate of drug-likeness (QED) is 0.570. The average molecular weight is 369 g/mol. The summed E-state index contributed by atoms with van der Waals surface area (Å²) in [6.07, 6.45) is 0. The zero-order valence-electron chi connectivity index (χ0n) is 16.4. The lowest BCUT2D eigenvalue weighted by Gasteiger charge is -2.09. The van der Waals surface area contributed by atoms with Crippen LogP contribution in [0.2, 0.25) is 0 Å². The second-order valence-electron chi connectivity index (χ2n) is 6.77. The number of esters is 2. The molecule has 0 fully saturated rings. The third-order valence-corrected chi connectivity index (χ3v) is 3.94. The molecule has 2 aromatic rings. The van der Waals surface area contributed by atoms with Crippen molar-refractivity contribution in [2.75, 3.05) is 26.3 Å². The second kappa shape index (κ2) is 9.88. The summed E-state index contributed by atoms with van der Waals surface area (Å²) in [5.41, 5.74) is 5.26. The molecule has 0 atom stereocenters. The highest BCUT2D eigenvalue weighted by atomic mass is 16.5. The first-order valence-electron chi connectivity index (χ1n) is 9.07. The van der Waals surface area contributed by atoms with E-state index in [4.69, 9.17) is 9.47 Å². The maximum atomic E-state index is 12.0. The van der Waals surface area contributed by atoms with Crippen molar-refractivity contribution in [2.45, 2.75) is 27.7 Å². The summed E-state index contributed by atoms with van der Waals surface area (Å²) in [5.74, 6) is -0.658. The van der Waals surface area contributed by atoms with E-state index in [1.54, 1.807) is 0 Å². The molecule has 0 spiro atoms. The molecule has 0 bridgehead atoms. The first kappa shape index (κ1) is 20.6. The molecule has 0 saturated heterocycles. The Morgan fingerprint density at radius 2 is 1.00 bits per heavy atom. The van der Waals surface area contributed by atoms with Gasteiger partial charge >= 0.3 is 11.9 Å². The normalized spacial score (nSPS) is 10.5. The molecule has 0 aromatic heterocycles. The van der Waals surface area contributed by atoms with Crippen molar-refractivity contribution >= 4 is 11.9 Å². The van der Waals surface area contributed by atoms with Crippen LogP contribution in [0.4, 0.5) is 0 Å². The summed E-state index contributed by atoms with van der Waals surface area (Å²) >= 11 is 0. The Kier molecular flexibility index (Phi) is 7.55. The molecule has 144 valence electrons. The van der Waals surface area contributed by atoms with Gasteiger partial charge in [-0.1, -0.05) is 34.4 Å². The lowest BCUT2D eigenvalue weighted by atomic mass is 10.1. The van der Waals surface area contributed by atoms with E-state index in [0.717, 1.165) is 22.3 Å². The predicted octanol–water partition coefficient (Wildman–Crippen LogP) is 3.52. The Morgan fingerprint density at radius 1 is 0.667 bits per heavy atom. The SMILES string of the molecule is Cc1cc(C)cc(C(=O)OCCNCCOC(=O)c2cc(C)cc(C)c2)c1. The number of hydrogen-bond acceptors (Lipinski definition) is 5. The molecule has 0 aliphatic heterocycles. The first-order valence-corrected chi connectivity index (χ1v) is 9.07. The van der Waals surface area contributed by atoms with Crippen molar-refractivity contribution in [3.05, 3.63) is 69.8 Å². The van der Waals surface area contributed by atoms with E-state index in [-0.39, 0.29) is 25.2 Å². The molecule has 1 N–H and O–H groups in total. The van der Waals surface area contributed by atoms with E-state index in [1.165, 1.54) is 0 Å². The van der Waals surface area contributed by atoms with Crippen molar-refractivity contribution in [1.29, 1.82) is 0 Å². The fraction of sp³-hybridized carbons (Fsp3) is 0.364. The van der Waals surface area contributed by atoms with Crippen molar-refractivity contribution < 1.29 is 19.1 Å². The van der Waals surface area contributed by atoms with Gasteiger partial charge in [-0.15, -0.1) is 0 Å². The van der Waals surface area contributed by atoms with Crippen LogP contribution >= 0.6 is 0 Å². The van der Waals surface area contributed by atoms with Crippen LogP contribution in [0.5, 0.6) is 0 Å². The number of ether oxygens (including phenoxy) is 2. The molecule has 5 heteroatoms. The van der Waals surface area contributed by atoms with Gasteiger partial charge in [-0.3, -0.25) is 0 Å². The van der Waals surface area contributed by atoms with Gasteiger partial charge in [0.2, 0.25) is 0 Å². The number of carbonyl (C=O) groups excluding carboxylic acids is 2. The molecular weight excluding hydrogens is 342 g/mol. The summed E-state index contributed by atoms with van der Waals surface area (Å²) in [4.78, 5) is 24.0. The van der Waals surface area contributed by atoms with Gasteiger partial charge in [0, 0.05) is 13.1 Å². The molecule has 0 radical (unpaired) electrons. The van der Waals surface area contributed by atoms with Crippen LogP contribution in [0.3, 0.4) is 0 Å². The predicted molar refractivity (Wildman–Crippen MR) is 105 cm³/mol. The minimum Gasteiger partial charge on any atom is -0.461 e. The van der Waals surface area contributed by atoms with Crippen LogP contribution in [0, 0.1) is 27.7 Å². The number of hydrogen-bond donors (Lipinski definition) is 1. The van der Waals surface area contributed by atoms with Gasteiger partial charge < -0.3 is 14.8 Å². The highest BCUT2D eigenvalue weighted by Crippen LogP contribution is 2.11. The largest absolute Gasteiger partial charge is 0.461 e. The summed E-state index contributed by atoms with van der Waals surface area (Å²) in [6, 6.07) is 11.3. The fourth-order valence-corrected chi connectivity index (χ4v) is 2.91. The summed E-state index contributed by atoms with van der Waals surface area (Å²) in [6.45, 7) is 9.31. The lowest BCUT2D eigenvalue weighted by Crippen LogP contribution is -2.26. The Balaban J connectivity index is 1.63. The van der Waals surface area contributed by atoms with Gasteiger partial charge in [-0.25, -0.2) is 9.59 Å². The van der Waals surface area contributed by atoms with Gasteiger partial charge in [-0.05, 0) is 52.0 Å². The van der Waals surface area contributed by atoms with Crippen molar-refractivity contribution in [2.24, 2.45) is 0 Å². The van der Waals surface area contributed by atoms with E-state index < -0.39 is 0 Å². The molecule has 5 nitrogen and oxygen atoms in total. The van der Waals surface area contributed by atoms with Gasteiger partial charge in [-0.2, -0.15) is 0 Å². The van der Waals surface area contributed by atoms with Crippen LogP contribution in [-0.4, -0.2) is 38.2 Å². The Bertz CT molecular complexity index is 706. The Hall–Kier alpha value is -2.66. The number of carbonyl (C=O) groups is 2. The number of benzene rings is 2. The molecular formula is C22H27NO4. The monoisotopic (exact) mass is 369 g/mol. The molecule has 0 heterocycles. The highest BCUT2D eigenvalue weighted by Gasteiger charge is 2.09. The van der Waals surface area contributed by atoms with Crippen molar-refractivity contribution in [3.63, 3.8) is 0 Å². The zero-order valence-corrected chi connectivity index (χ0v) is 16.4. The maximum absolute atomic E-state index is 12.0. The number of aryl methyl sites for hydroxylation is 4. The van der Waals surface area contributed by atoms with Crippen LogP contribution in [0.15, 0.2) is 36.4 Å². The molecule has 0 unspecified atom stereocenters. The molecule has 27 heavy (non-hydrogen) atoms. The first-order chi connectivity index (χ1) is 12.8. The summed E-state index contributed by atoms with van der Waals surface area (Å²) < 4.78 is 10.5. The van der Waals surface area contributed by atoms with E-state index in [9.17, 15) is 9.59 Å². The third-order valence-electron chi connectivity index (χ3n) is 3.94. The highest BCUT2D eigenvalue weighted by molar-refractivity contribution is 5.90. The van der Waals surface area contributed by atoms with Gasteiger partial charge in [0.25, 0.3) is 0 Å². The topological polar surface area (TPSA) is 64.6 Å². The lowest BCUT2D eigenvalue weighted by molar-refractivity contribution is 0.0491. The zero-order chi connectivity index (χ0) is 19.8. The van der Waals surface area contributed by atoms with E-state index >= 15 is 0 Å². The van der Waals surface area contributed by atoms with Crippen LogP contribution in [0.25, 0.3) is 0 Å². The minimum atomic E-state index is -0.329. The summed E-state index contributed by atoms with van der Waals surface area (Å²) in [5, 5.41) is 3.09. The van der Waals surface area contributed by atoms with E-state index in [1.807, 2.05) is 64.1 Å². The fourth-order valence-electron chi connectivity index (χ4n) is 2.91. The van der Waals surface area contributed by atoms with E-state index in [2.05, 4.69) is 5.32 Å². The smallest absolute Gasteiger partial charge is 0.338 e. The van der Waals surface area contributed by atoms with Crippen molar-refractivity contribution in [1.82, 2.24) is 5.32 Å². The molecule has 2 aromatic carbocycles. The third kappa shape index (κ3) is 6.87. The van der Waals surface area contributed by atoms with E-state index in [0.29, 0.717) is 24.2 Å². The average Bonchev–Trinajstić information content (AvgIpc) is 2.58. The van der Waals surface area contributed by atoms with Gasteiger partial charge in [0.1, 0.15) is 13.2 Å². The number of rotatable bonds is 8. The molecule has 0 saturated carbocycles. The minimum absolute atomic E-state index is 0.261. The molecule has 2 rings (SSSR count). The van der Waals surface area contributed by atoms with Crippen LogP contribution in [0.1, 0.15) is 43.0 Å². The van der Waals surface area contributed by atoms with Gasteiger partial charge in [0.05, 0.1) is 11.1 Å². The second-order valence-corrected chi connectivity index (χ2v) is 6.77. The van der Waals surface area contributed by atoms with Crippen LogP contribution < -0.4 is 5.32 Å². The summed E-state index contributed by atoms with van der Waals surface area (Å²) in [7, 11) is 0. The standard InChI is InChI=1S/C22H27NO4/c1-15-9-16(2)12-19(11-15)21(24)26-7-5-23-6-8-27-22(25)20-13-17(3)10-18(4)14-20/h9-14,23H,5-8H2,1-4H3. The molecule has 0 aliphatic carbocycles. The maximum Gasteiger partial charge on any atom is 0.338 e. The van der Waals surface area contributed by atoms with Crippen molar-refractivity contribution in [3.8, 4) is 0 Å². The Labute approximate surface area is 160 Å². The van der Waals surface area contributed by atoms with Crippen LogP contribution in [-0.2, 0) is 9.47 Å². The Morgan fingerprint density at radius 3 is 1.33 bits per heavy atom. The van der Waals surface area contributed by atoms with Gasteiger partial charge in [0.15, 0.2) is 0 Å².